The third-order valence-electron chi connectivity index (χ3n) is 3.00. The molecule has 9 heteroatoms. The number of aryl methyl sites for hydroxylation is 1. The summed E-state index contributed by atoms with van der Waals surface area (Å²) in [5.74, 6) is 0.366. The Bertz CT molecular complexity index is 992. The summed E-state index contributed by atoms with van der Waals surface area (Å²) in [6, 6.07) is 6.14. The third-order valence-corrected chi connectivity index (χ3v) is 4.15. The normalized spacial score (nSPS) is 11.4. The van der Waals surface area contributed by atoms with Gasteiger partial charge in [-0.2, -0.15) is 4.52 Å². The molecule has 1 aromatic carbocycles. The summed E-state index contributed by atoms with van der Waals surface area (Å²) in [7, 11) is 0. The molecule has 0 spiro atoms. The molecular formula is C13H7ClFN5OS. The van der Waals surface area contributed by atoms with Gasteiger partial charge in [0.15, 0.2) is 16.6 Å². The van der Waals surface area contributed by atoms with E-state index in [0.717, 1.165) is 5.69 Å². The lowest BCUT2D eigenvalue weighted by atomic mass is 10.2. The number of rotatable bonds is 2. The topological polar surface area (TPSA) is 69.1 Å². The molecule has 22 heavy (non-hydrogen) atoms. The molecule has 110 valence electrons. The highest BCUT2D eigenvalue weighted by Gasteiger charge is 2.18. The minimum Gasteiger partial charge on any atom is -0.353 e. The largest absolute Gasteiger partial charge is 0.353 e. The van der Waals surface area contributed by atoms with Gasteiger partial charge in [0.1, 0.15) is 5.82 Å². The van der Waals surface area contributed by atoms with Crippen molar-refractivity contribution >= 4 is 27.9 Å². The Kier molecular flexibility index (Phi) is 2.95. The van der Waals surface area contributed by atoms with E-state index >= 15 is 0 Å². The van der Waals surface area contributed by atoms with Crippen LogP contribution in [0, 0.1) is 12.7 Å². The fraction of sp³-hybridized carbons (Fsp3) is 0.0769. The zero-order valence-corrected chi connectivity index (χ0v) is 12.7. The molecule has 0 saturated carbocycles. The van der Waals surface area contributed by atoms with Crippen LogP contribution in [0.15, 0.2) is 28.8 Å². The Labute approximate surface area is 132 Å². The zero-order chi connectivity index (χ0) is 15.3. The van der Waals surface area contributed by atoms with Crippen molar-refractivity contribution < 1.29 is 8.91 Å². The van der Waals surface area contributed by atoms with Crippen molar-refractivity contribution in [3.05, 3.63) is 40.8 Å². The summed E-state index contributed by atoms with van der Waals surface area (Å²) in [5.41, 5.74) is 1.03. The maximum Gasteiger partial charge on any atom is 0.235 e. The molecule has 0 amide bonds. The lowest BCUT2D eigenvalue weighted by Crippen LogP contribution is -1.93. The quantitative estimate of drug-likeness (QED) is 0.559. The summed E-state index contributed by atoms with van der Waals surface area (Å²) in [6.07, 6.45) is 0. The van der Waals surface area contributed by atoms with Crippen LogP contribution in [0.2, 0.25) is 5.02 Å². The third kappa shape index (κ3) is 2.08. The van der Waals surface area contributed by atoms with E-state index in [1.54, 1.807) is 18.2 Å². The molecule has 3 aromatic heterocycles. The highest BCUT2D eigenvalue weighted by Crippen LogP contribution is 2.29. The molecule has 3 heterocycles. The summed E-state index contributed by atoms with van der Waals surface area (Å²) >= 11 is 7.05. The van der Waals surface area contributed by atoms with Crippen molar-refractivity contribution in [3.8, 4) is 22.2 Å². The number of hydrogen-bond donors (Lipinski definition) is 0. The number of aromatic nitrogens is 5. The Balaban J connectivity index is 1.87. The first-order chi connectivity index (χ1) is 10.6. The monoisotopic (exact) mass is 335 g/mol. The Morgan fingerprint density at radius 3 is 2.86 bits per heavy atom. The molecule has 0 bridgehead atoms. The molecule has 0 unspecified atom stereocenters. The van der Waals surface area contributed by atoms with Crippen LogP contribution in [0.4, 0.5) is 4.39 Å². The standard InChI is InChI=1S/C13H7ClFN5OS/c1-6-4-10(21-19-6)12-18-20-11(16-17-13(20)22-12)8-3-2-7(14)5-9(8)15/h2-5H,1H3. The number of nitrogens with zero attached hydrogens (tertiary/aromatic N) is 5. The van der Waals surface area contributed by atoms with Crippen molar-refractivity contribution in [3.63, 3.8) is 0 Å². The van der Waals surface area contributed by atoms with E-state index in [0.29, 0.717) is 26.6 Å². The Hall–Kier alpha value is -2.32. The molecule has 0 radical (unpaired) electrons. The number of halogens is 2. The van der Waals surface area contributed by atoms with Gasteiger partial charge in [0, 0.05) is 11.1 Å². The summed E-state index contributed by atoms with van der Waals surface area (Å²) in [4.78, 5) is 0.536. The van der Waals surface area contributed by atoms with Crippen LogP contribution < -0.4 is 0 Å². The summed E-state index contributed by atoms with van der Waals surface area (Å²) in [5, 5.41) is 17.1. The van der Waals surface area contributed by atoms with Gasteiger partial charge in [-0.25, -0.2) is 4.39 Å². The van der Waals surface area contributed by atoms with Gasteiger partial charge < -0.3 is 4.52 Å². The van der Waals surface area contributed by atoms with Crippen LogP contribution in [0.3, 0.4) is 0 Å². The fourth-order valence-electron chi connectivity index (χ4n) is 2.02. The predicted octanol–water partition coefficient (Wildman–Crippen LogP) is 3.61. The van der Waals surface area contributed by atoms with Crippen LogP contribution >= 0.6 is 22.9 Å². The second-order valence-corrected chi connectivity index (χ2v) is 5.97. The van der Waals surface area contributed by atoms with Crippen molar-refractivity contribution in [2.24, 2.45) is 0 Å². The van der Waals surface area contributed by atoms with Crippen LogP contribution in [-0.4, -0.2) is 25.0 Å². The second-order valence-electron chi connectivity index (χ2n) is 4.58. The smallest absolute Gasteiger partial charge is 0.235 e. The first-order valence-corrected chi connectivity index (χ1v) is 7.42. The average molecular weight is 336 g/mol. The average Bonchev–Trinajstić information content (AvgIpc) is 3.14. The van der Waals surface area contributed by atoms with E-state index in [9.17, 15) is 4.39 Å². The van der Waals surface area contributed by atoms with Gasteiger partial charge in [0.2, 0.25) is 4.96 Å². The van der Waals surface area contributed by atoms with Crippen LogP contribution in [0.25, 0.3) is 27.1 Å². The summed E-state index contributed by atoms with van der Waals surface area (Å²) < 4.78 is 20.7. The van der Waals surface area contributed by atoms with Gasteiger partial charge in [-0.15, -0.1) is 15.3 Å². The molecular weight excluding hydrogens is 329 g/mol. The van der Waals surface area contributed by atoms with Gasteiger partial charge in [-0.3, -0.25) is 0 Å². The minimum atomic E-state index is -0.480. The predicted molar refractivity (Wildman–Crippen MR) is 79.3 cm³/mol. The first-order valence-electron chi connectivity index (χ1n) is 6.23. The van der Waals surface area contributed by atoms with E-state index in [4.69, 9.17) is 16.1 Å². The summed E-state index contributed by atoms with van der Waals surface area (Å²) in [6.45, 7) is 1.82. The SMILES string of the molecule is Cc1cc(-c2nn3c(-c4ccc(Cl)cc4F)nnc3s2)on1. The molecule has 0 N–H and O–H groups in total. The Morgan fingerprint density at radius 1 is 1.27 bits per heavy atom. The van der Waals surface area contributed by atoms with E-state index < -0.39 is 5.82 Å². The van der Waals surface area contributed by atoms with Crippen molar-refractivity contribution in [2.75, 3.05) is 0 Å². The molecule has 0 saturated heterocycles. The van der Waals surface area contributed by atoms with E-state index in [-0.39, 0.29) is 5.56 Å². The number of benzene rings is 1. The van der Waals surface area contributed by atoms with Crippen molar-refractivity contribution in [2.45, 2.75) is 6.92 Å². The van der Waals surface area contributed by atoms with Gasteiger partial charge >= 0.3 is 0 Å². The minimum absolute atomic E-state index is 0.280. The second kappa shape index (κ2) is 4.85. The molecule has 0 aliphatic carbocycles. The molecule has 4 aromatic rings. The van der Waals surface area contributed by atoms with Crippen LogP contribution in [0.5, 0.6) is 0 Å². The van der Waals surface area contributed by atoms with Gasteiger partial charge in [0.05, 0.1) is 11.3 Å². The van der Waals surface area contributed by atoms with E-state index in [2.05, 4.69) is 20.5 Å². The van der Waals surface area contributed by atoms with Crippen molar-refractivity contribution in [1.82, 2.24) is 25.0 Å². The molecule has 0 fully saturated rings. The van der Waals surface area contributed by atoms with E-state index in [1.807, 2.05) is 6.92 Å². The zero-order valence-electron chi connectivity index (χ0n) is 11.1. The molecule has 6 nitrogen and oxygen atoms in total. The lowest BCUT2D eigenvalue weighted by molar-refractivity contribution is 0.426. The highest BCUT2D eigenvalue weighted by molar-refractivity contribution is 7.19. The van der Waals surface area contributed by atoms with Crippen LogP contribution in [-0.2, 0) is 0 Å². The number of hydrogen-bond acceptors (Lipinski definition) is 6. The maximum atomic E-state index is 14.1. The Morgan fingerprint density at radius 2 is 2.14 bits per heavy atom. The fourth-order valence-corrected chi connectivity index (χ4v) is 2.97. The lowest BCUT2D eigenvalue weighted by Gasteiger charge is -1.99. The molecule has 0 atom stereocenters. The molecule has 0 aliphatic heterocycles. The highest BCUT2D eigenvalue weighted by atomic mass is 35.5. The first kappa shape index (κ1) is 13.4. The van der Waals surface area contributed by atoms with Crippen molar-refractivity contribution in [1.29, 1.82) is 0 Å². The molecule has 4 rings (SSSR count). The van der Waals surface area contributed by atoms with E-state index in [1.165, 1.54) is 21.9 Å². The maximum absolute atomic E-state index is 14.1. The van der Waals surface area contributed by atoms with Gasteiger partial charge in [-0.05, 0) is 25.1 Å². The van der Waals surface area contributed by atoms with Crippen LogP contribution in [0.1, 0.15) is 5.69 Å². The van der Waals surface area contributed by atoms with Gasteiger partial charge in [0.25, 0.3) is 0 Å². The van der Waals surface area contributed by atoms with Gasteiger partial charge in [-0.1, -0.05) is 28.1 Å². The number of fused-ring (bicyclic) bond motifs is 1. The molecule has 0 aliphatic rings.